The lowest BCUT2D eigenvalue weighted by Crippen LogP contribution is -2.37. The summed E-state index contributed by atoms with van der Waals surface area (Å²) >= 11 is 0. The van der Waals surface area contributed by atoms with Gasteiger partial charge in [-0.1, -0.05) is 19.1 Å². The maximum absolute atomic E-state index is 5.46. The van der Waals surface area contributed by atoms with Crippen LogP contribution in [0.2, 0.25) is 0 Å². The summed E-state index contributed by atoms with van der Waals surface area (Å²) < 4.78 is 5.46. The molecule has 1 aliphatic heterocycles. The third-order valence-corrected chi connectivity index (χ3v) is 4.44. The van der Waals surface area contributed by atoms with Crippen molar-refractivity contribution in [2.24, 2.45) is 5.41 Å². The highest BCUT2D eigenvalue weighted by Crippen LogP contribution is 2.29. The van der Waals surface area contributed by atoms with Gasteiger partial charge in [0.2, 0.25) is 0 Å². The molecule has 1 aliphatic rings. The molecule has 1 unspecified atom stereocenters. The van der Waals surface area contributed by atoms with Crippen LogP contribution in [-0.4, -0.2) is 33.9 Å². The number of nitrogens with zero attached hydrogens (tertiary/aromatic N) is 1. The molecule has 1 aromatic rings. The van der Waals surface area contributed by atoms with Gasteiger partial charge in [-0.15, -0.1) is 0 Å². The molecule has 2 rings (SSSR count). The molecule has 3 nitrogen and oxygen atoms in total. The number of ether oxygens (including phenoxy) is 1. The first-order chi connectivity index (χ1) is 9.50. The molecule has 0 amide bonds. The zero-order chi connectivity index (χ0) is 14.6. The first-order valence-electron chi connectivity index (χ1n) is 7.59. The van der Waals surface area contributed by atoms with Crippen molar-refractivity contribution >= 4 is 5.69 Å². The first-order valence-corrected chi connectivity index (χ1v) is 7.59. The Morgan fingerprint density at radius 2 is 1.80 bits per heavy atom. The van der Waals surface area contributed by atoms with Gasteiger partial charge in [-0.2, -0.15) is 0 Å². The molecule has 1 heterocycles. The van der Waals surface area contributed by atoms with Crippen LogP contribution in [0.1, 0.15) is 38.3 Å². The van der Waals surface area contributed by atoms with E-state index in [4.69, 9.17) is 4.74 Å². The smallest absolute Gasteiger partial charge is 0.0471 e. The second-order valence-corrected chi connectivity index (χ2v) is 6.51. The van der Waals surface area contributed by atoms with Gasteiger partial charge < -0.3 is 15.0 Å². The Morgan fingerprint density at radius 1 is 1.20 bits per heavy atom. The fourth-order valence-electron chi connectivity index (χ4n) is 2.62. The second kappa shape index (κ2) is 6.59. The Bertz CT molecular complexity index is 408. The Morgan fingerprint density at radius 3 is 2.35 bits per heavy atom. The number of hydrogen-bond acceptors (Lipinski definition) is 3. The molecule has 0 radical (unpaired) electrons. The van der Waals surface area contributed by atoms with E-state index in [1.165, 1.54) is 11.3 Å². The summed E-state index contributed by atoms with van der Waals surface area (Å²) in [5, 5.41) is 3.69. The van der Waals surface area contributed by atoms with Crippen molar-refractivity contribution in [3.8, 4) is 0 Å². The molecule has 1 aromatic carbocycles. The van der Waals surface area contributed by atoms with Crippen LogP contribution in [0.15, 0.2) is 24.3 Å². The molecule has 112 valence electrons. The molecule has 0 bridgehead atoms. The number of anilines is 1. The predicted octanol–water partition coefficient (Wildman–Crippen LogP) is 3.22. The van der Waals surface area contributed by atoms with E-state index in [9.17, 15) is 0 Å². The minimum Gasteiger partial charge on any atom is -0.381 e. The van der Waals surface area contributed by atoms with Gasteiger partial charge in [0.15, 0.2) is 0 Å². The van der Waals surface area contributed by atoms with Crippen LogP contribution in [0.25, 0.3) is 0 Å². The summed E-state index contributed by atoms with van der Waals surface area (Å²) in [6.45, 7) is 7.48. The molecule has 1 fully saturated rings. The van der Waals surface area contributed by atoms with E-state index in [0.29, 0.717) is 11.5 Å². The molecular weight excluding hydrogens is 248 g/mol. The molecule has 3 heteroatoms. The van der Waals surface area contributed by atoms with Gasteiger partial charge in [-0.05, 0) is 42.9 Å². The van der Waals surface area contributed by atoms with Gasteiger partial charge >= 0.3 is 0 Å². The van der Waals surface area contributed by atoms with Crippen LogP contribution in [0.4, 0.5) is 5.69 Å². The average Bonchev–Trinajstić information content (AvgIpc) is 2.46. The lowest BCUT2D eigenvalue weighted by Gasteiger charge is -2.34. The van der Waals surface area contributed by atoms with Gasteiger partial charge in [0.1, 0.15) is 0 Å². The number of benzene rings is 1. The summed E-state index contributed by atoms with van der Waals surface area (Å²) in [4.78, 5) is 2.13. The van der Waals surface area contributed by atoms with Crippen molar-refractivity contribution in [1.82, 2.24) is 5.32 Å². The van der Waals surface area contributed by atoms with Gasteiger partial charge in [0.05, 0.1) is 0 Å². The van der Waals surface area contributed by atoms with Crippen LogP contribution in [0.3, 0.4) is 0 Å². The van der Waals surface area contributed by atoms with E-state index in [-0.39, 0.29) is 0 Å². The fourth-order valence-corrected chi connectivity index (χ4v) is 2.62. The molecule has 1 N–H and O–H groups in total. The van der Waals surface area contributed by atoms with Crippen molar-refractivity contribution in [1.29, 1.82) is 0 Å². The molecule has 0 aliphatic carbocycles. The van der Waals surface area contributed by atoms with E-state index >= 15 is 0 Å². The van der Waals surface area contributed by atoms with Gasteiger partial charge in [-0.3, -0.25) is 0 Å². The lowest BCUT2D eigenvalue weighted by molar-refractivity contribution is 0.0231. The molecule has 20 heavy (non-hydrogen) atoms. The molecular formula is C17H28N2O. The minimum atomic E-state index is 0.385. The Balaban J connectivity index is 1.89. The summed E-state index contributed by atoms with van der Waals surface area (Å²) in [6.07, 6.45) is 2.32. The van der Waals surface area contributed by atoms with E-state index in [1.54, 1.807) is 0 Å². The highest BCUT2D eigenvalue weighted by molar-refractivity contribution is 5.46. The zero-order valence-electron chi connectivity index (χ0n) is 13.3. The predicted molar refractivity (Wildman–Crippen MR) is 85.3 cm³/mol. The summed E-state index contributed by atoms with van der Waals surface area (Å²) in [5.74, 6) is 0. The third-order valence-electron chi connectivity index (χ3n) is 4.44. The summed E-state index contributed by atoms with van der Waals surface area (Å²) in [7, 11) is 4.14. The summed E-state index contributed by atoms with van der Waals surface area (Å²) in [6, 6.07) is 9.21. The van der Waals surface area contributed by atoms with Gasteiger partial charge in [0.25, 0.3) is 0 Å². The van der Waals surface area contributed by atoms with E-state index in [1.807, 2.05) is 0 Å². The number of hydrogen-bond donors (Lipinski definition) is 1. The lowest BCUT2D eigenvalue weighted by atomic mass is 9.82. The quantitative estimate of drug-likeness (QED) is 0.893. The maximum atomic E-state index is 5.46. The number of rotatable bonds is 5. The van der Waals surface area contributed by atoms with Crippen LogP contribution in [-0.2, 0) is 4.74 Å². The summed E-state index contributed by atoms with van der Waals surface area (Å²) in [5.41, 5.74) is 2.99. The monoisotopic (exact) mass is 276 g/mol. The largest absolute Gasteiger partial charge is 0.381 e. The average molecular weight is 276 g/mol. The van der Waals surface area contributed by atoms with Crippen LogP contribution in [0.5, 0.6) is 0 Å². The Labute approximate surface area is 123 Å². The fraction of sp³-hybridized carbons (Fsp3) is 0.647. The van der Waals surface area contributed by atoms with Crippen molar-refractivity contribution in [2.75, 3.05) is 38.8 Å². The molecule has 1 saturated heterocycles. The van der Waals surface area contributed by atoms with Crippen LogP contribution < -0.4 is 10.2 Å². The zero-order valence-corrected chi connectivity index (χ0v) is 13.3. The van der Waals surface area contributed by atoms with Crippen molar-refractivity contribution < 1.29 is 4.74 Å². The van der Waals surface area contributed by atoms with E-state index in [2.05, 4.69) is 62.4 Å². The SMILES string of the molecule is CC(NCC1(C)CCOCC1)c1ccc(N(C)C)cc1. The van der Waals surface area contributed by atoms with Crippen molar-refractivity contribution in [3.05, 3.63) is 29.8 Å². The van der Waals surface area contributed by atoms with Crippen LogP contribution >= 0.6 is 0 Å². The highest BCUT2D eigenvalue weighted by atomic mass is 16.5. The highest BCUT2D eigenvalue weighted by Gasteiger charge is 2.27. The topological polar surface area (TPSA) is 24.5 Å². The van der Waals surface area contributed by atoms with Gasteiger partial charge in [-0.25, -0.2) is 0 Å². The normalized spacial score (nSPS) is 19.6. The van der Waals surface area contributed by atoms with Crippen molar-refractivity contribution in [3.63, 3.8) is 0 Å². The van der Waals surface area contributed by atoms with Gasteiger partial charge in [0, 0.05) is 45.6 Å². The van der Waals surface area contributed by atoms with Crippen molar-refractivity contribution in [2.45, 2.75) is 32.7 Å². The molecule has 0 saturated carbocycles. The third kappa shape index (κ3) is 3.97. The Kier molecular flexibility index (Phi) is 5.06. The standard InChI is InChI=1S/C17H28N2O/c1-14(15-5-7-16(8-6-15)19(3)4)18-13-17(2)9-11-20-12-10-17/h5-8,14,18H,9-13H2,1-4H3. The molecule has 0 spiro atoms. The molecule has 1 atom stereocenters. The Hall–Kier alpha value is -1.06. The minimum absolute atomic E-state index is 0.385. The van der Waals surface area contributed by atoms with E-state index < -0.39 is 0 Å². The maximum Gasteiger partial charge on any atom is 0.0471 e. The first kappa shape index (κ1) is 15.3. The molecule has 0 aromatic heterocycles. The van der Waals surface area contributed by atoms with Crippen LogP contribution in [0, 0.1) is 5.41 Å². The van der Waals surface area contributed by atoms with E-state index in [0.717, 1.165) is 32.6 Å². The second-order valence-electron chi connectivity index (χ2n) is 6.51. The number of nitrogens with one attached hydrogen (secondary N) is 1.